The maximum atomic E-state index is 10.7. The van der Waals surface area contributed by atoms with E-state index in [4.69, 9.17) is 12.3 Å². The molecule has 0 saturated heterocycles. The Bertz CT molecular complexity index is 184. The van der Waals surface area contributed by atoms with Crippen molar-refractivity contribution in [3.63, 3.8) is 0 Å². The van der Waals surface area contributed by atoms with Gasteiger partial charge in [-0.1, -0.05) is 0 Å². The molecule has 2 N–H and O–H groups in total. The van der Waals surface area contributed by atoms with Crippen LogP contribution in [0.1, 0.15) is 0 Å². The fourth-order valence-electron chi connectivity index (χ4n) is 0.354. The topological polar surface area (TPSA) is 43.1 Å². The van der Waals surface area contributed by atoms with Crippen LogP contribution in [0.25, 0.3) is 0 Å². The number of carbonyl (C=O) groups is 1. The van der Waals surface area contributed by atoms with Gasteiger partial charge in [0.25, 0.3) is 0 Å². The number of ketones is 1. The molecule has 0 aliphatic heterocycles. The van der Waals surface area contributed by atoms with Crippen molar-refractivity contribution in [1.29, 1.82) is 0 Å². The van der Waals surface area contributed by atoms with Gasteiger partial charge in [0.1, 0.15) is 0 Å². The van der Waals surface area contributed by atoms with Crippen molar-refractivity contribution in [2.24, 2.45) is 5.73 Å². The first-order chi connectivity index (χ1) is 4.72. The Morgan fingerprint density at radius 2 is 2.30 bits per heavy atom. The van der Waals surface area contributed by atoms with Crippen LogP contribution in [0.5, 0.6) is 0 Å². The third-order valence-corrected chi connectivity index (χ3v) is 1.43. The van der Waals surface area contributed by atoms with Crippen LogP contribution >= 0.6 is 0 Å². The summed E-state index contributed by atoms with van der Waals surface area (Å²) >= 11 is 1.32. The van der Waals surface area contributed by atoms with E-state index in [1.54, 1.807) is 12.2 Å². The van der Waals surface area contributed by atoms with E-state index in [2.05, 4.69) is 0 Å². The van der Waals surface area contributed by atoms with Crippen molar-refractivity contribution in [3.8, 4) is 0 Å². The Hall–Kier alpha value is -0.332. The van der Waals surface area contributed by atoms with Gasteiger partial charge < -0.3 is 0 Å². The predicted octanol–water partition coefficient (Wildman–Crippen LogP) is -0.221. The summed E-state index contributed by atoms with van der Waals surface area (Å²) in [5, 5.41) is 0. The number of nitrogens with two attached hydrogens (primary N) is 1. The molecule has 0 aliphatic rings. The third-order valence-electron chi connectivity index (χ3n) is 0.862. The van der Waals surface area contributed by atoms with Gasteiger partial charge in [-0.25, -0.2) is 0 Å². The molecule has 0 aromatic carbocycles. The summed E-state index contributed by atoms with van der Waals surface area (Å²) in [7, 11) is 0. The molecular formula is C7H8NOW-. The van der Waals surface area contributed by atoms with Crippen LogP contribution in [0.15, 0.2) is 17.7 Å². The van der Waals surface area contributed by atoms with Crippen LogP contribution in [-0.4, -0.2) is 16.7 Å². The predicted molar refractivity (Wildman–Crippen MR) is 37.1 cm³/mol. The molecule has 0 amide bonds. The molecule has 0 bridgehead atoms. The fraction of sp³-hybridized carbons (Fsp3) is 0.143. The molecule has 0 heterocycles. The van der Waals surface area contributed by atoms with E-state index in [0.29, 0.717) is 0 Å². The molecular weight excluding hydrogens is 298 g/mol. The van der Waals surface area contributed by atoms with Crippen molar-refractivity contribution >= 4 is 10.2 Å². The molecule has 2 nitrogen and oxygen atoms in total. The average Bonchev–Trinajstić information content (AvgIpc) is 1.98. The molecule has 0 aliphatic carbocycles. The number of hydrogen-bond donors (Lipinski definition) is 1. The summed E-state index contributed by atoms with van der Waals surface area (Å²) in [5.41, 5.74) is 5.28. The van der Waals surface area contributed by atoms with Gasteiger partial charge in [0.05, 0.1) is 0 Å². The van der Waals surface area contributed by atoms with Gasteiger partial charge in [0.2, 0.25) is 0 Å². The van der Waals surface area contributed by atoms with Crippen molar-refractivity contribution in [1.82, 2.24) is 0 Å². The molecule has 0 radical (unpaired) electrons. The van der Waals surface area contributed by atoms with Gasteiger partial charge in [-0.15, -0.1) is 0 Å². The van der Waals surface area contributed by atoms with Gasteiger partial charge in [-0.05, 0) is 0 Å². The van der Waals surface area contributed by atoms with Crippen molar-refractivity contribution in [3.05, 3.63) is 24.3 Å². The molecule has 0 rings (SSSR count). The molecule has 0 saturated carbocycles. The van der Waals surface area contributed by atoms with E-state index >= 15 is 0 Å². The van der Waals surface area contributed by atoms with Crippen LogP contribution in [-0.2, 0) is 24.1 Å². The second-order valence-corrected chi connectivity index (χ2v) is 2.56. The molecule has 0 fully saturated rings. The standard InChI is InChI=1S/C7H8NO.W/c1-3-4-6(2)7(9)5-8;/h1-4H,5,8H2;/q-1;/b4-3-;. The normalized spacial score (nSPS) is 9.70. The molecule has 0 unspecified atom stereocenters. The van der Waals surface area contributed by atoms with E-state index in [9.17, 15) is 4.79 Å². The van der Waals surface area contributed by atoms with Gasteiger partial charge >= 0.3 is 70.9 Å². The summed E-state index contributed by atoms with van der Waals surface area (Å²) < 4.78 is 1.87. The summed E-state index contributed by atoms with van der Waals surface area (Å²) in [4.78, 5) is 10.7. The summed E-state index contributed by atoms with van der Waals surface area (Å²) in [6, 6.07) is 0. The van der Waals surface area contributed by atoms with Crippen molar-refractivity contribution < 1.29 is 24.1 Å². The van der Waals surface area contributed by atoms with Crippen LogP contribution in [0.4, 0.5) is 0 Å². The first-order valence-electron chi connectivity index (χ1n) is 2.70. The third kappa shape index (κ3) is 3.65. The minimum absolute atomic E-state index is 0.0211. The Morgan fingerprint density at radius 3 is 2.70 bits per heavy atom. The Labute approximate surface area is 71.2 Å². The maximum absolute atomic E-state index is 10.7. The van der Waals surface area contributed by atoms with Crippen LogP contribution in [0, 0.1) is 6.58 Å². The number of hydrogen-bond acceptors (Lipinski definition) is 2. The zero-order valence-corrected chi connectivity index (χ0v) is 8.34. The molecule has 54 valence electrons. The summed E-state index contributed by atoms with van der Waals surface area (Å²) in [6.07, 6.45) is 3.29. The Morgan fingerprint density at radius 1 is 1.70 bits per heavy atom. The average molecular weight is 306 g/mol. The number of Topliss-reactive ketones (excluding diaryl/α,β-unsaturated/α-hetero) is 1. The van der Waals surface area contributed by atoms with Crippen molar-refractivity contribution in [2.75, 3.05) is 6.54 Å². The van der Waals surface area contributed by atoms with Crippen molar-refractivity contribution in [2.45, 2.75) is 0 Å². The van der Waals surface area contributed by atoms with E-state index < -0.39 is 0 Å². The van der Waals surface area contributed by atoms with E-state index in [-0.39, 0.29) is 17.9 Å². The van der Waals surface area contributed by atoms with Gasteiger partial charge in [0, 0.05) is 0 Å². The quantitative estimate of drug-likeness (QED) is 0.443. The second-order valence-electron chi connectivity index (χ2n) is 1.58. The molecule has 0 aromatic rings. The van der Waals surface area contributed by atoms with Crippen LogP contribution in [0.3, 0.4) is 0 Å². The summed E-state index contributed by atoms with van der Waals surface area (Å²) in [5.74, 6) is -0.215. The monoisotopic (exact) mass is 306 g/mol. The minimum atomic E-state index is -0.215. The van der Waals surface area contributed by atoms with E-state index in [1.165, 1.54) is 19.4 Å². The van der Waals surface area contributed by atoms with Gasteiger partial charge in [0.15, 0.2) is 0 Å². The number of rotatable bonds is 4. The molecule has 0 atom stereocenters. The second kappa shape index (κ2) is 5.45. The molecule has 3 heteroatoms. The van der Waals surface area contributed by atoms with Crippen LogP contribution in [0.2, 0.25) is 0 Å². The Kier molecular flexibility index (Phi) is 5.27. The number of carbonyl (C=O) groups excluding carboxylic acids is 1. The molecule has 10 heavy (non-hydrogen) atoms. The fourth-order valence-corrected chi connectivity index (χ4v) is 0.636. The molecule has 0 spiro atoms. The summed E-state index contributed by atoms with van der Waals surface area (Å²) in [6.45, 7) is 5.28. The Balaban J connectivity index is 3.97. The van der Waals surface area contributed by atoms with E-state index in [0.717, 1.165) is 0 Å². The number of allylic oxidation sites excluding steroid dienone is 2. The van der Waals surface area contributed by atoms with Crippen LogP contribution < -0.4 is 5.73 Å². The SMILES string of the molecule is [CH-]=C(/C=C\[CH]=[W])C(=O)CN. The zero-order valence-electron chi connectivity index (χ0n) is 5.41. The van der Waals surface area contributed by atoms with Gasteiger partial charge in [-0.2, -0.15) is 0 Å². The van der Waals surface area contributed by atoms with Gasteiger partial charge in [-0.3, -0.25) is 0 Å². The van der Waals surface area contributed by atoms with E-state index in [1.807, 2.05) is 4.40 Å². The first-order valence-corrected chi connectivity index (χ1v) is 4.39. The zero-order chi connectivity index (χ0) is 7.98. The first kappa shape index (κ1) is 9.67. The molecule has 0 aromatic heterocycles.